The van der Waals surface area contributed by atoms with Crippen molar-refractivity contribution in [3.63, 3.8) is 0 Å². The predicted octanol–water partition coefficient (Wildman–Crippen LogP) is 6.70. The molecule has 3 aromatic heterocycles. The van der Waals surface area contributed by atoms with E-state index in [1.165, 1.54) is 106 Å². The molecule has 1 unspecified atom stereocenters. The van der Waals surface area contributed by atoms with Crippen LogP contribution >= 0.6 is 7.82 Å². The predicted molar refractivity (Wildman–Crippen MR) is 203 cm³/mol. The van der Waals surface area contributed by atoms with Crippen LogP contribution < -0.4 is 10.5 Å². The van der Waals surface area contributed by atoms with Gasteiger partial charge in [0.25, 0.3) is 0 Å². The number of phosphoric ester groups is 1. The fourth-order valence-corrected chi connectivity index (χ4v) is 7.35. The molecule has 4 rings (SSSR count). The van der Waals surface area contributed by atoms with Gasteiger partial charge >= 0.3 is 7.82 Å². The number of nitriles is 2. The van der Waals surface area contributed by atoms with Crippen molar-refractivity contribution in [1.29, 1.82) is 10.5 Å². The summed E-state index contributed by atoms with van der Waals surface area (Å²) in [5, 5.41) is 41.7. The van der Waals surface area contributed by atoms with Crippen LogP contribution in [-0.4, -0.2) is 79.5 Å². The number of nitrogens with two attached hydrogens (primary N) is 1. The van der Waals surface area contributed by atoms with Crippen molar-refractivity contribution in [3.05, 3.63) is 42.0 Å². The number of aliphatic hydroxyl groups excluding tert-OH is 1. The second-order valence-electron chi connectivity index (χ2n) is 14.1. The summed E-state index contributed by atoms with van der Waals surface area (Å²) < 4.78 is 42.4. The van der Waals surface area contributed by atoms with Crippen LogP contribution in [-0.2, 0) is 28.7 Å². The van der Waals surface area contributed by atoms with Crippen LogP contribution in [0.15, 0.2) is 30.6 Å². The number of anilines is 1. The van der Waals surface area contributed by atoms with Crippen molar-refractivity contribution in [2.24, 2.45) is 0 Å². The molecule has 16 nitrogen and oxygen atoms in total. The van der Waals surface area contributed by atoms with E-state index in [0.717, 1.165) is 19.3 Å². The summed E-state index contributed by atoms with van der Waals surface area (Å²) in [6.45, 7) is 1.78. The van der Waals surface area contributed by atoms with E-state index >= 15 is 0 Å². The fraction of sp³-hybridized carbons (Fsp3) is 0.684. The Kier molecular flexibility index (Phi) is 18.7. The van der Waals surface area contributed by atoms with Gasteiger partial charge < -0.3 is 29.9 Å². The van der Waals surface area contributed by atoms with Crippen LogP contribution in [0.5, 0.6) is 5.88 Å². The molecule has 5 atom stereocenters. The second kappa shape index (κ2) is 23.4. The highest BCUT2D eigenvalue weighted by molar-refractivity contribution is 7.47. The number of aliphatic hydroxyl groups is 1. The van der Waals surface area contributed by atoms with Crippen molar-refractivity contribution >= 4 is 19.2 Å². The van der Waals surface area contributed by atoms with E-state index in [4.69, 9.17) is 34.3 Å². The topological polar surface area (TPSA) is 233 Å². The molecule has 1 fully saturated rings. The van der Waals surface area contributed by atoms with E-state index in [-0.39, 0.29) is 30.4 Å². The zero-order valence-electron chi connectivity index (χ0n) is 32.0. The first-order valence-corrected chi connectivity index (χ1v) is 21.2. The van der Waals surface area contributed by atoms with Crippen LogP contribution in [0, 0.1) is 22.7 Å². The highest BCUT2D eigenvalue weighted by Gasteiger charge is 2.50. The lowest BCUT2D eigenvalue weighted by atomic mass is 9.96. The molecule has 3 aromatic rings. The van der Waals surface area contributed by atoms with Crippen LogP contribution in [0.25, 0.3) is 5.52 Å². The van der Waals surface area contributed by atoms with Crippen molar-refractivity contribution in [3.8, 4) is 18.0 Å². The molecule has 0 aliphatic carbocycles. The Balaban J connectivity index is 1.16. The molecule has 0 radical (unpaired) electrons. The van der Waals surface area contributed by atoms with Gasteiger partial charge in [0.05, 0.1) is 31.6 Å². The molecule has 55 heavy (non-hydrogen) atoms. The lowest BCUT2D eigenvalue weighted by Gasteiger charge is -2.23. The number of nitrogens with zero attached hydrogens (tertiary/aromatic N) is 7. The van der Waals surface area contributed by atoms with Gasteiger partial charge in [0.1, 0.15) is 36.2 Å². The number of fused-ring (bicyclic) bond motifs is 1. The Morgan fingerprint density at radius 3 is 2.20 bits per heavy atom. The number of rotatable bonds is 28. The van der Waals surface area contributed by atoms with Gasteiger partial charge in [0, 0.05) is 19.1 Å². The minimum absolute atomic E-state index is 0.0227. The molecule has 0 spiro atoms. The van der Waals surface area contributed by atoms with E-state index < -0.39 is 44.9 Å². The molecule has 1 saturated heterocycles. The van der Waals surface area contributed by atoms with Gasteiger partial charge in [-0.3, -0.25) is 9.05 Å². The Bertz CT molecular complexity index is 1700. The van der Waals surface area contributed by atoms with Crippen LogP contribution in [0.4, 0.5) is 5.82 Å². The summed E-state index contributed by atoms with van der Waals surface area (Å²) in [4.78, 5) is 14.5. The molecular weight excluding hydrogens is 727 g/mol. The lowest BCUT2D eigenvalue weighted by molar-refractivity contribution is -0.0541. The molecule has 17 heteroatoms. The molecule has 0 aromatic carbocycles. The summed E-state index contributed by atoms with van der Waals surface area (Å²) in [6.07, 6.45) is 18.2. The molecule has 1 aliphatic rings. The maximum atomic E-state index is 12.9. The van der Waals surface area contributed by atoms with Gasteiger partial charge in [0.15, 0.2) is 17.1 Å². The molecule has 1 aliphatic heterocycles. The van der Waals surface area contributed by atoms with Crippen molar-refractivity contribution in [1.82, 2.24) is 24.8 Å². The number of hydrogen-bond acceptors (Lipinski definition) is 14. The lowest BCUT2D eigenvalue weighted by Crippen LogP contribution is -2.30. The second-order valence-corrected chi connectivity index (χ2v) is 15.5. The summed E-state index contributed by atoms with van der Waals surface area (Å²) in [6, 6.07) is 10.1. The molecule has 0 amide bonds. The van der Waals surface area contributed by atoms with Gasteiger partial charge in [-0.05, 0) is 24.6 Å². The highest BCUT2D eigenvalue weighted by atomic mass is 31.2. The molecule has 0 saturated carbocycles. The van der Waals surface area contributed by atoms with Crippen LogP contribution in [0.3, 0.4) is 0 Å². The largest absolute Gasteiger partial charge is 0.472 e. The van der Waals surface area contributed by atoms with Gasteiger partial charge in [-0.1, -0.05) is 103 Å². The summed E-state index contributed by atoms with van der Waals surface area (Å²) in [5.41, 5.74) is 5.17. The molecule has 302 valence electrons. The van der Waals surface area contributed by atoms with E-state index in [2.05, 4.69) is 33.3 Å². The maximum absolute atomic E-state index is 12.9. The first kappa shape index (κ1) is 44.0. The Labute approximate surface area is 323 Å². The third-order valence-corrected chi connectivity index (χ3v) is 10.6. The highest BCUT2D eigenvalue weighted by Crippen LogP contribution is 2.46. The first-order chi connectivity index (χ1) is 26.7. The third kappa shape index (κ3) is 14.4. The standard InChI is InChI=1S/C38H57N8O8P/c1-2-3-4-5-6-7-8-9-10-11-12-13-14-15-16-17-22-50-25-31(53-36-21-18-30(24-39)44-45-36)26-51-55(48,49)52-27-34-33(47)23-38(28-40,54-34)35-20-19-32-37(41)42-29-43-46(32)35/h18-21,29,31,33-34,47H,2-17,22-23,25-27H2,1H3,(H,48,49)(H2,41,42,43)/t31-,33+,34-,38+/m1/s1. The zero-order chi connectivity index (χ0) is 39.4. The smallest absolute Gasteiger partial charge is 0.468 e. The van der Waals surface area contributed by atoms with Gasteiger partial charge in [-0.2, -0.15) is 15.6 Å². The number of hydrogen-bond donors (Lipinski definition) is 3. The van der Waals surface area contributed by atoms with E-state index in [0.29, 0.717) is 17.8 Å². The maximum Gasteiger partial charge on any atom is 0.472 e. The molecule has 4 heterocycles. The van der Waals surface area contributed by atoms with E-state index in [1.807, 2.05) is 6.07 Å². The zero-order valence-corrected chi connectivity index (χ0v) is 32.9. The van der Waals surface area contributed by atoms with E-state index in [1.54, 1.807) is 12.1 Å². The number of nitrogen functional groups attached to an aromatic ring is 1. The van der Waals surface area contributed by atoms with Crippen molar-refractivity contribution in [2.45, 2.75) is 140 Å². The Morgan fingerprint density at radius 2 is 1.60 bits per heavy atom. The van der Waals surface area contributed by atoms with Gasteiger partial charge in [-0.15, -0.1) is 10.2 Å². The average molecular weight is 785 g/mol. The Hall–Kier alpha value is -3.73. The van der Waals surface area contributed by atoms with Crippen molar-refractivity contribution < 1.29 is 37.8 Å². The third-order valence-electron chi connectivity index (χ3n) is 9.67. The van der Waals surface area contributed by atoms with Gasteiger partial charge in [-0.25, -0.2) is 14.1 Å². The normalized spacial score (nSPS) is 19.9. The monoisotopic (exact) mass is 784 g/mol. The van der Waals surface area contributed by atoms with Crippen molar-refractivity contribution in [2.75, 3.05) is 32.2 Å². The Morgan fingerprint density at radius 1 is 0.945 bits per heavy atom. The molecule has 0 bridgehead atoms. The van der Waals surface area contributed by atoms with E-state index in [9.17, 15) is 19.8 Å². The summed E-state index contributed by atoms with van der Waals surface area (Å²) in [7, 11) is -4.71. The number of aromatic nitrogens is 5. The number of unbranched alkanes of at least 4 members (excludes halogenated alkanes) is 15. The average Bonchev–Trinajstić information content (AvgIpc) is 3.78. The number of phosphoric acid groups is 1. The molecule has 4 N–H and O–H groups in total. The summed E-state index contributed by atoms with van der Waals surface area (Å²) in [5.74, 6) is 0.276. The molecular formula is C38H57N8O8P. The number of ether oxygens (including phenoxy) is 3. The first-order valence-electron chi connectivity index (χ1n) is 19.7. The minimum Gasteiger partial charge on any atom is -0.468 e. The van der Waals surface area contributed by atoms with Gasteiger partial charge in [0.2, 0.25) is 5.88 Å². The van der Waals surface area contributed by atoms with Crippen LogP contribution in [0.1, 0.15) is 127 Å². The fourth-order valence-electron chi connectivity index (χ4n) is 6.59. The quantitative estimate of drug-likeness (QED) is 0.0513. The SMILES string of the molecule is CCCCCCCCCCCCCCCCCCOC[C@H](COP(=O)(O)OC[C@H]1O[C@@](C#N)(c2ccc3c(N)ncnn23)C[C@@H]1O)Oc1ccc(C#N)nn1. The minimum atomic E-state index is -4.71. The van der Waals surface area contributed by atoms with Crippen LogP contribution in [0.2, 0.25) is 0 Å². The summed E-state index contributed by atoms with van der Waals surface area (Å²) >= 11 is 0.